The number of aliphatic hydroxyl groups excluding tert-OH is 4. The number of rotatable bonds is 5. The summed E-state index contributed by atoms with van der Waals surface area (Å²) in [5, 5.41) is 69.5. The van der Waals surface area contributed by atoms with Crippen molar-refractivity contribution in [1.82, 2.24) is 0 Å². The van der Waals surface area contributed by atoms with Gasteiger partial charge in [0.25, 0.3) is 0 Å². The predicted molar refractivity (Wildman–Crippen MR) is 115 cm³/mol. The Morgan fingerprint density at radius 1 is 1.08 bits per heavy atom. The summed E-state index contributed by atoms with van der Waals surface area (Å²) < 4.78 is 28.3. The fourth-order valence-corrected chi connectivity index (χ4v) is 5.86. The molecule has 5 aliphatic rings. The standard InChI is InChI=1S/C22H27ClO13/c23-18-17(35-19(30)7-1-2-9(25)10(26)3-7)8-4-12-32-6-22(18,31)13(8)20(34-12)36-21-16(29)15(28)14(27)11(5-24)33-21/h1-3,8,11-18,20-21,24-29,31H,4-6H2/t8-,11+,12-,13+,14+,15-,16+,17+,18+,20-,21+,22+/m0/s1. The van der Waals surface area contributed by atoms with Gasteiger partial charge in [0.2, 0.25) is 0 Å². The lowest BCUT2D eigenvalue weighted by atomic mass is 9.83. The monoisotopic (exact) mass is 534 g/mol. The number of hydrogen-bond acceptors (Lipinski definition) is 13. The van der Waals surface area contributed by atoms with E-state index in [1.165, 1.54) is 6.07 Å². The number of benzene rings is 1. The molecule has 4 aliphatic heterocycles. The lowest BCUT2D eigenvalue weighted by Gasteiger charge is -2.44. The van der Waals surface area contributed by atoms with Crippen molar-refractivity contribution in [2.45, 2.75) is 66.8 Å². The smallest absolute Gasteiger partial charge is 0.338 e. The molecule has 4 heterocycles. The summed E-state index contributed by atoms with van der Waals surface area (Å²) >= 11 is 6.60. The van der Waals surface area contributed by atoms with E-state index in [-0.39, 0.29) is 18.6 Å². The first-order chi connectivity index (χ1) is 17.0. The van der Waals surface area contributed by atoms with E-state index in [0.29, 0.717) is 0 Å². The molecule has 6 rings (SSSR count). The van der Waals surface area contributed by atoms with Gasteiger partial charge in [-0.1, -0.05) is 0 Å². The number of ether oxygens (including phenoxy) is 5. The van der Waals surface area contributed by atoms with Crippen LogP contribution in [-0.2, 0) is 23.7 Å². The highest BCUT2D eigenvalue weighted by Gasteiger charge is 2.68. The number of esters is 1. The molecule has 7 N–H and O–H groups in total. The molecule has 1 saturated carbocycles. The average Bonchev–Trinajstić information content (AvgIpc) is 2.97. The van der Waals surface area contributed by atoms with Gasteiger partial charge < -0.3 is 59.4 Å². The van der Waals surface area contributed by atoms with Gasteiger partial charge >= 0.3 is 5.97 Å². The van der Waals surface area contributed by atoms with E-state index in [1.807, 2.05) is 0 Å². The molecular formula is C22H27ClO13. The van der Waals surface area contributed by atoms with Gasteiger partial charge in [-0.3, -0.25) is 0 Å². The van der Waals surface area contributed by atoms with Gasteiger partial charge in [-0.2, -0.15) is 0 Å². The summed E-state index contributed by atoms with van der Waals surface area (Å²) in [5.41, 5.74) is -1.84. The molecule has 36 heavy (non-hydrogen) atoms. The van der Waals surface area contributed by atoms with Crippen molar-refractivity contribution in [2.24, 2.45) is 11.8 Å². The van der Waals surface area contributed by atoms with Gasteiger partial charge in [0.1, 0.15) is 41.5 Å². The molecule has 1 aromatic rings. The van der Waals surface area contributed by atoms with Crippen LogP contribution in [0.3, 0.4) is 0 Å². The Morgan fingerprint density at radius 2 is 1.83 bits per heavy atom. The van der Waals surface area contributed by atoms with Gasteiger partial charge in [-0.25, -0.2) is 4.79 Å². The zero-order valence-electron chi connectivity index (χ0n) is 18.7. The van der Waals surface area contributed by atoms with Crippen molar-refractivity contribution in [3.05, 3.63) is 23.8 Å². The molecule has 5 fully saturated rings. The summed E-state index contributed by atoms with van der Waals surface area (Å²) in [7, 11) is 0. The van der Waals surface area contributed by atoms with Gasteiger partial charge in [0.15, 0.2) is 30.4 Å². The van der Waals surface area contributed by atoms with E-state index in [9.17, 15) is 40.5 Å². The third-order valence-electron chi connectivity index (χ3n) is 7.34. The Labute approximate surface area is 209 Å². The highest BCUT2D eigenvalue weighted by Crippen LogP contribution is 2.55. The average molecular weight is 535 g/mol. The maximum absolute atomic E-state index is 12.8. The molecule has 0 unspecified atom stereocenters. The molecular weight excluding hydrogens is 508 g/mol. The first kappa shape index (κ1) is 25.9. The Bertz CT molecular complexity index is 993. The molecule has 0 radical (unpaired) electrons. The molecule has 4 saturated heterocycles. The molecule has 1 aromatic carbocycles. The summed E-state index contributed by atoms with van der Waals surface area (Å²) in [6, 6.07) is 3.42. The molecule has 0 aromatic heterocycles. The van der Waals surface area contributed by atoms with Crippen LogP contribution in [0.15, 0.2) is 18.2 Å². The molecule has 1 aliphatic carbocycles. The topological polar surface area (TPSA) is 205 Å². The third kappa shape index (κ3) is 4.13. The Balaban J connectivity index is 1.38. The second-order valence-electron chi connectivity index (χ2n) is 9.47. The molecule has 13 nitrogen and oxygen atoms in total. The van der Waals surface area contributed by atoms with Crippen LogP contribution >= 0.6 is 11.6 Å². The predicted octanol–water partition coefficient (Wildman–Crippen LogP) is -1.87. The Kier molecular flexibility index (Phi) is 6.83. The minimum atomic E-state index is -1.79. The van der Waals surface area contributed by atoms with Crippen LogP contribution < -0.4 is 0 Å². The number of phenolic OH excluding ortho intramolecular Hbond substituents is 2. The van der Waals surface area contributed by atoms with Crippen molar-refractivity contribution in [3.8, 4) is 11.5 Å². The zero-order valence-corrected chi connectivity index (χ0v) is 19.4. The number of aromatic hydroxyl groups is 2. The van der Waals surface area contributed by atoms with E-state index in [1.54, 1.807) is 0 Å². The lowest BCUT2D eigenvalue weighted by molar-refractivity contribution is -0.370. The number of aliphatic hydroxyl groups is 5. The summed E-state index contributed by atoms with van der Waals surface area (Å²) in [6.07, 6.45) is -10.8. The zero-order chi connectivity index (χ0) is 25.9. The largest absolute Gasteiger partial charge is 0.504 e. The fraction of sp³-hybridized carbons (Fsp3) is 0.682. The molecule has 12 atom stereocenters. The van der Waals surface area contributed by atoms with Crippen molar-refractivity contribution in [3.63, 3.8) is 0 Å². The first-order valence-corrected chi connectivity index (χ1v) is 11.8. The number of phenols is 2. The van der Waals surface area contributed by atoms with Crippen molar-refractivity contribution < 1.29 is 64.2 Å². The number of hydrogen-bond donors (Lipinski definition) is 7. The van der Waals surface area contributed by atoms with Crippen molar-refractivity contribution in [2.75, 3.05) is 13.2 Å². The number of fused-ring (bicyclic) bond motifs is 2. The lowest BCUT2D eigenvalue weighted by Crippen LogP contribution is -2.61. The second-order valence-corrected chi connectivity index (χ2v) is 9.94. The molecule has 4 bridgehead atoms. The normalized spacial score (nSPS) is 45.9. The summed E-state index contributed by atoms with van der Waals surface area (Å²) in [6.45, 7) is -0.928. The van der Waals surface area contributed by atoms with E-state index in [2.05, 4.69) is 0 Å². The van der Waals surface area contributed by atoms with Crippen LogP contribution in [0.25, 0.3) is 0 Å². The molecule has 0 spiro atoms. The quantitative estimate of drug-likeness (QED) is 0.126. The SMILES string of the molecule is O=C(O[C@@H]1[C@H]2C[C@H]3OC[C@@](O)([C@H]2[C@H](O[C@H]2O[C@H](CO)[C@@H](O)[C@H](O)[C@H]2O)O3)[C@@H]1Cl)c1ccc(O)c(O)c1. The Morgan fingerprint density at radius 3 is 2.53 bits per heavy atom. The van der Waals surface area contributed by atoms with E-state index < -0.39 is 96.3 Å². The van der Waals surface area contributed by atoms with Crippen molar-refractivity contribution >= 4 is 17.6 Å². The minimum Gasteiger partial charge on any atom is -0.504 e. The van der Waals surface area contributed by atoms with Gasteiger partial charge in [-0.05, 0) is 18.2 Å². The van der Waals surface area contributed by atoms with Crippen LogP contribution in [0.5, 0.6) is 11.5 Å². The maximum atomic E-state index is 12.8. The minimum absolute atomic E-state index is 0.0489. The van der Waals surface area contributed by atoms with Crippen LogP contribution in [0, 0.1) is 11.8 Å². The van der Waals surface area contributed by atoms with Crippen LogP contribution in [0.4, 0.5) is 0 Å². The van der Waals surface area contributed by atoms with Crippen molar-refractivity contribution in [1.29, 1.82) is 0 Å². The highest BCUT2D eigenvalue weighted by atomic mass is 35.5. The number of carbonyl (C=O) groups excluding carboxylic acids is 1. The second kappa shape index (κ2) is 9.51. The van der Waals surface area contributed by atoms with E-state index in [0.717, 1.165) is 12.1 Å². The highest BCUT2D eigenvalue weighted by molar-refractivity contribution is 6.22. The number of carbonyl (C=O) groups is 1. The number of alkyl halides is 1. The summed E-state index contributed by atoms with van der Waals surface area (Å²) in [4.78, 5) is 12.8. The molecule has 14 heteroatoms. The molecule has 200 valence electrons. The first-order valence-electron chi connectivity index (χ1n) is 11.4. The van der Waals surface area contributed by atoms with Gasteiger partial charge in [0.05, 0.1) is 18.8 Å². The van der Waals surface area contributed by atoms with Crippen LogP contribution in [-0.4, -0.2) is 115 Å². The maximum Gasteiger partial charge on any atom is 0.338 e. The van der Waals surface area contributed by atoms with E-state index >= 15 is 0 Å². The fourth-order valence-electron chi connectivity index (χ4n) is 5.42. The third-order valence-corrected chi connectivity index (χ3v) is 7.97. The number of halogens is 1. The summed E-state index contributed by atoms with van der Waals surface area (Å²) in [5.74, 6) is -3.31. The van der Waals surface area contributed by atoms with E-state index in [4.69, 9.17) is 35.3 Å². The molecule has 0 amide bonds. The van der Waals surface area contributed by atoms with Crippen LogP contribution in [0.2, 0.25) is 0 Å². The van der Waals surface area contributed by atoms with Gasteiger partial charge in [0, 0.05) is 18.3 Å². The van der Waals surface area contributed by atoms with Crippen LogP contribution in [0.1, 0.15) is 16.8 Å². The van der Waals surface area contributed by atoms with Gasteiger partial charge in [-0.15, -0.1) is 11.6 Å². The Hall–Kier alpha value is -1.78.